The van der Waals surface area contributed by atoms with Gasteiger partial charge in [0.05, 0.1) is 10.9 Å². The lowest BCUT2D eigenvalue weighted by atomic mass is 9.80. The normalized spacial score (nSPS) is 23.4. The number of hydrogen-bond donors (Lipinski definition) is 5. The lowest BCUT2D eigenvalue weighted by Crippen LogP contribution is -2.53. The van der Waals surface area contributed by atoms with Crippen molar-refractivity contribution in [3.8, 4) is 0 Å². The first-order valence-corrected chi connectivity index (χ1v) is 14.6. The molecule has 11 heteroatoms. The molecule has 38 heavy (non-hydrogen) atoms. The second kappa shape index (κ2) is 10.7. The van der Waals surface area contributed by atoms with E-state index >= 15 is 0 Å². The van der Waals surface area contributed by atoms with Crippen LogP contribution in [0.4, 0.5) is 0 Å². The molecule has 3 atom stereocenters. The lowest BCUT2D eigenvalue weighted by molar-refractivity contribution is -0.126. The Balaban J connectivity index is 1.54. The van der Waals surface area contributed by atoms with Gasteiger partial charge in [-0.05, 0) is 48.6 Å². The van der Waals surface area contributed by atoms with Crippen molar-refractivity contribution < 1.29 is 18.0 Å². The molecule has 2 aliphatic carbocycles. The van der Waals surface area contributed by atoms with Crippen LogP contribution in [-0.4, -0.2) is 44.4 Å². The van der Waals surface area contributed by atoms with Gasteiger partial charge in [-0.25, -0.2) is 13.4 Å². The van der Waals surface area contributed by atoms with Crippen LogP contribution in [0.15, 0.2) is 64.4 Å². The van der Waals surface area contributed by atoms with Gasteiger partial charge in [0, 0.05) is 30.3 Å². The first-order valence-electron chi connectivity index (χ1n) is 12.8. The van der Waals surface area contributed by atoms with E-state index in [0.717, 1.165) is 37.6 Å². The number of aliphatic imine (C=N–C) groups is 1. The van der Waals surface area contributed by atoms with E-state index in [1.165, 1.54) is 18.3 Å². The fraction of sp³-hybridized carbons (Fsp3) is 0.444. The molecule has 2 fully saturated rings. The summed E-state index contributed by atoms with van der Waals surface area (Å²) in [6.45, 7) is 5.43. The lowest BCUT2D eigenvalue weighted by Gasteiger charge is -2.32. The van der Waals surface area contributed by atoms with Crippen molar-refractivity contribution in [1.82, 2.24) is 16.0 Å². The van der Waals surface area contributed by atoms with E-state index < -0.39 is 27.3 Å². The molecule has 0 bridgehead atoms. The number of fused-ring (bicyclic) bond motifs is 1. The van der Waals surface area contributed by atoms with Gasteiger partial charge in [-0.2, -0.15) is 0 Å². The molecule has 10 nitrogen and oxygen atoms in total. The second-order valence-electron chi connectivity index (χ2n) is 10.5. The number of nitrogens with zero attached hydrogens (tertiary/aromatic N) is 1. The van der Waals surface area contributed by atoms with Crippen molar-refractivity contribution >= 4 is 27.5 Å². The van der Waals surface area contributed by atoms with Gasteiger partial charge in [0.25, 0.3) is 0 Å². The molecule has 7 N–H and O–H groups in total. The highest BCUT2D eigenvalue weighted by Gasteiger charge is 2.40. The van der Waals surface area contributed by atoms with Gasteiger partial charge in [-0.3, -0.25) is 9.59 Å². The number of carbonyl (C=O) groups is 2. The molecule has 1 aromatic carbocycles. The Bertz CT molecular complexity index is 1340. The van der Waals surface area contributed by atoms with Crippen LogP contribution in [0.5, 0.6) is 0 Å². The van der Waals surface area contributed by atoms with E-state index in [-0.39, 0.29) is 35.0 Å². The minimum atomic E-state index is -3.42. The van der Waals surface area contributed by atoms with E-state index in [9.17, 15) is 18.0 Å². The number of sulfone groups is 1. The third kappa shape index (κ3) is 6.16. The Kier molecular flexibility index (Phi) is 7.80. The predicted molar refractivity (Wildman–Crippen MR) is 146 cm³/mol. The first-order chi connectivity index (χ1) is 17.9. The standard InChI is InChI=1S/C27H36N6O4S/c1-4-24(30-15-19(28)12-22-25(34)32-21-13-20(21)31-22)33-26(35)27(29,14-17-7-5-6-8-17)18-9-10-23(16(2)11-18)38(3,36)37/h4,9-11,13,15,17,21-22,31H,1,5-8,12,14,28-29H2,2-3H3,(H,32,34)(H,30,33,35)/b19-15-. The number of nitrogens with two attached hydrogens (primary N) is 2. The van der Waals surface area contributed by atoms with Crippen molar-refractivity contribution in [2.45, 2.75) is 68.0 Å². The smallest absolute Gasteiger partial charge is 0.250 e. The van der Waals surface area contributed by atoms with E-state index in [1.807, 2.05) is 6.08 Å². The molecule has 204 valence electrons. The van der Waals surface area contributed by atoms with Crippen LogP contribution < -0.4 is 27.4 Å². The molecule has 1 aromatic rings. The van der Waals surface area contributed by atoms with Gasteiger partial charge >= 0.3 is 0 Å². The number of hydrogen-bond acceptors (Lipinski definition) is 8. The molecule has 3 aliphatic rings. The van der Waals surface area contributed by atoms with Crippen molar-refractivity contribution in [1.29, 1.82) is 0 Å². The number of benzene rings is 1. The second-order valence-corrected chi connectivity index (χ2v) is 12.4. The Labute approximate surface area is 223 Å². The summed E-state index contributed by atoms with van der Waals surface area (Å²) in [5.41, 5.74) is 13.9. The number of amidine groups is 1. The van der Waals surface area contributed by atoms with E-state index in [0.29, 0.717) is 23.2 Å². The van der Waals surface area contributed by atoms with Crippen molar-refractivity contribution in [3.05, 3.63) is 65.7 Å². The summed E-state index contributed by atoms with van der Waals surface area (Å²) in [7, 11) is -3.42. The molecule has 0 radical (unpaired) electrons. The van der Waals surface area contributed by atoms with Crippen molar-refractivity contribution in [2.75, 3.05) is 6.26 Å². The van der Waals surface area contributed by atoms with Gasteiger partial charge in [0.1, 0.15) is 17.4 Å². The third-order valence-electron chi connectivity index (χ3n) is 7.35. The van der Waals surface area contributed by atoms with Gasteiger partial charge in [-0.1, -0.05) is 44.4 Å². The Hall–Kier alpha value is -3.44. The number of rotatable bonds is 9. The Morgan fingerprint density at radius 3 is 2.63 bits per heavy atom. The van der Waals surface area contributed by atoms with Gasteiger partial charge in [-0.15, -0.1) is 0 Å². The first kappa shape index (κ1) is 27.6. The van der Waals surface area contributed by atoms with Crippen LogP contribution in [0.2, 0.25) is 0 Å². The minimum absolute atomic E-state index is 0.0108. The van der Waals surface area contributed by atoms with E-state index in [1.54, 1.807) is 19.1 Å². The number of piperazine rings is 1. The average molecular weight is 541 g/mol. The summed E-state index contributed by atoms with van der Waals surface area (Å²) in [6, 6.07) is 4.31. The van der Waals surface area contributed by atoms with Gasteiger partial charge in [0.2, 0.25) is 11.8 Å². The number of carbonyl (C=O) groups excluding carboxylic acids is 2. The maximum atomic E-state index is 13.7. The molecule has 1 heterocycles. The SMILES string of the molecule is C=CC(=N/C=C(\N)CC1NC2=CC2NC1=O)NC(=O)C(N)(CC1CCCC1)c1ccc(S(C)(=O)=O)c(C)c1. The highest BCUT2D eigenvalue weighted by molar-refractivity contribution is 7.90. The molecule has 0 spiro atoms. The van der Waals surface area contributed by atoms with Gasteiger partial charge in [0.15, 0.2) is 9.84 Å². The zero-order valence-corrected chi connectivity index (χ0v) is 22.6. The monoisotopic (exact) mass is 540 g/mol. The van der Waals surface area contributed by atoms with Crippen LogP contribution >= 0.6 is 0 Å². The number of aryl methyl sites for hydroxylation is 1. The molecule has 0 aromatic heterocycles. The van der Waals surface area contributed by atoms with Gasteiger partial charge < -0.3 is 27.4 Å². The summed E-state index contributed by atoms with van der Waals surface area (Å²) in [4.78, 5) is 30.3. The predicted octanol–water partition coefficient (Wildman–Crippen LogP) is 1.38. The fourth-order valence-electron chi connectivity index (χ4n) is 5.21. The third-order valence-corrected chi connectivity index (χ3v) is 8.61. The van der Waals surface area contributed by atoms with Crippen LogP contribution in [0, 0.1) is 12.8 Å². The Morgan fingerprint density at radius 1 is 1.29 bits per heavy atom. The van der Waals surface area contributed by atoms with Crippen LogP contribution in [0.1, 0.15) is 49.7 Å². The maximum Gasteiger partial charge on any atom is 0.250 e. The largest absolute Gasteiger partial charge is 0.401 e. The van der Waals surface area contributed by atoms with Crippen LogP contribution in [0.25, 0.3) is 0 Å². The highest BCUT2D eigenvalue weighted by atomic mass is 32.2. The highest BCUT2D eigenvalue weighted by Crippen LogP contribution is 2.36. The van der Waals surface area contributed by atoms with Crippen LogP contribution in [-0.2, 0) is 25.0 Å². The summed E-state index contributed by atoms with van der Waals surface area (Å²) in [6.07, 6.45) is 10.6. The summed E-state index contributed by atoms with van der Waals surface area (Å²) in [5.74, 6) is -0.172. The molecule has 1 saturated heterocycles. The molecule has 3 unspecified atom stereocenters. The molecular weight excluding hydrogens is 504 g/mol. The Morgan fingerprint density at radius 2 is 2.00 bits per heavy atom. The quantitative estimate of drug-likeness (QED) is 0.233. The molecular formula is C27H36N6O4S. The topological polar surface area (TPSA) is 169 Å². The fourth-order valence-corrected chi connectivity index (χ4v) is 6.17. The van der Waals surface area contributed by atoms with Crippen molar-refractivity contribution in [3.63, 3.8) is 0 Å². The van der Waals surface area contributed by atoms with E-state index in [2.05, 4.69) is 27.5 Å². The maximum absolute atomic E-state index is 13.7. The van der Waals surface area contributed by atoms with Crippen molar-refractivity contribution in [2.24, 2.45) is 22.4 Å². The molecule has 2 amide bonds. The zero-order valence-electron chi connectivity index (χ0n) is 21.8. The minimum Gasteiger partial charge on any atom is -0.401 e. The number of amides is 2. The molecule has 4 rings (SSSR count). The van der Waals surface area contributed by atoms with Crippen LogP contribution in [0.3, 0.4) is 0 Å². The van der Waals surface area contributed by atoms with E-state index in [4.69, 9.17) is 11.5 Å². The summed E-state index contributed by atoms with van der Waals surface area (Å²) < 4.78 is 24.2. The average Bonchev–Trinajstić information content (AvgIpc) is 3.40. The molecule has 1 saturated carbocycles. The molecule has 1 aliphatic heterocycles. The zero-order chi connectivity index (χ0) is 27.7. The number of nitrogens with one attached hydrogen (secondary N) is 3. The summed E-state index contributed by atoms with van der Waals surface area (Å²) in [5, 5.41) is 8.76. The summed E-state index contributed by atoms with van der Waals surface area (Å²) >= 11 is 0.